The van der Waals surface area contributed by atoms with Gasteiger partial charge in [-0.1, -0.05) is 76.2 Å². The number of nitrogens with one attached hydrogen (secondary N) is 4. The van der Waals surface area contributed by atoms with E-state index < -0.39 is 12.1 Å². The first-order valence-electron chi connectivity index (χ1n) is 19.6. The van der Waals surface area contributed by atoms with Gasteiger partial charge < -0.3 is 40.2 Å². The van der Waals surface area contributed by atoms with E-state index in [0.717, 1.165) is 71.0 Å². The normalized spacial score (nSPS) is 18.0. The van der Waals surface area contributed by atoms with Crippen molar-refractivity contribution in [3.8, 4) is 33.6 Å². The maximum Gasteiger partial charge on any atom is 0.317 e. The second kappa shape index (κ2) is 17.0. The molecular formula is C42H56N10O4. The third-order valence-electron chi connectivity index (χ3n) is 10.9. The monoisotopic (exact) mass is 764 g/mol. The highest BCUT2D eigenvalue weighted by atomic mass is 16.2. The summed E-state index contributed by atoms with van der Waals surface area (Å²) in [5.74, 6) is 1.19. The SMILES string of the molecule is CC(C)[C@H](NC(=O)N(C)C)C(=O)N1CCC[C@H]1c1ncc(-c2ccc(-c3ccc(-c4cnc([C@@H]5CCCN5C(=O)[C@@H](NC(=O)N(C)C)C(C)C)[nH]4)cc3)cc2)[nH]1. The molecule has 2 fully saturated rings. The van der Waals surface area contributed by atoms with Gasteiger partial charge in [-0.2, -0.15) is 0 Å². The van der Waals surface area contributed by atoms with E-state index in [0.29, 0.717) is 13.1 Å². The minimum Gasteiger partial charge on any atom is -0.340 e. The number of hydrogen-bond donors (Lipinski definition) is 4. The zero-order valence-electron chi connectivity index (χ0n) is 33.8. The molecule has 0 aliphatic carbocycles. The summed E-state index contributed by atoms with van der Waals surface area (Å²) < 4.78 is 0. The summed E-state index contributed by atoms with van der Waals surface area (Å²) in [5, 5.41) is 5.78. The lowest BCUT2D eigenvalue weighted by molar-refractivity contribution is -0.136. The lowest BCUT2D eigenvalue weighted by Crippen LogP contribution is -2.53. The van der Waals surface area contributed by atoms with Gasteiger partial charge in [0.1, 0.15) is 23.7 Å². The zero-order valence-corrected chi connectivity index (χ0v) is 33.8. The Morgan fingerprint density at radius 2 is 0.946 bits per heavy atom. The van der Waals surface area contributed by atoms with E-state index >= 15 is 0 Å². The molecule has 56 heavy (non-hydrogen) atoms. The molecule has 6 rings (SSSR count). The molecule has 0 radical (unpaired) electrons. The highest BCUT2D eigenvalue weighted by molar-refractivity contribution is 5.88. The minimum absolute atomic E-state index is 0.0613. The van der Waals surface area contributed by atoms with Gasteiger partial charge >= 0.3 is 12.1 Å². The topological polar surface area (TPSA) is 163 Å². The van der Waals surface area contributed by atoms with Crippen molar-refractivity contribution in [3.63, 3.8) is 0 Å². The van der Waals surface area contributed by atoms with Crippen molar-refractivity contribution in [2.24, 2.45) is 11.8 Å². The standard InChI is InChI=1S/C42H56N10O4/c1-25(2)35(47-41(55)49(5)6)39(53)51-21-9-11-33(51)37-43-23-31(45-37)29-17-13-27(14-18-29)28-15-19-30(20-16-28)32-24-44-38(46-32)34-12-10-22-52(34)40(54)36(26(3)4)48-42(56)50(7)8/h13-20,23-26,33-36H,9-12,21-22H2,1-8H3,(H,43,45)(H,44,46)(H,47,55)(H,48,56)/t33-,34-,35-,36-/m0/s1. The molecule has 4 N–H and O–H groups in total. The summed E-state index contributed by atoms with van der Waals surface area (Å²) in [6.45, 7) is 9.01. The van der Waals surface area contributed by atoms with E-state index in [4.69, 9.17) is 9.97 Å². The number of carbonyl (C=O) groups is 4. The molecule has 4 atom stereocenters. The van der Waals surface area contributed by atoms with Gasteiger partial charge in [-0.25, -0.2) is 19.6 Å². The molecule has 14 nitrogen and oxygen atoms in total. The average molecular weight is 765 g/mol. The molecule has 2 aromatic carbocycles. The second-order valence-corrected chi connectivity index (χ2v) is 16.0. The lowest BCUT2D eigenvalue weighted by Gasteiger charge is -2.31. The number of carbonyl (C=O) groups excluding carboxylic acids is 4. The number of H-pyrrole nitrogens is 2. The van der Waals surface area contributed by atoms with Gasteiger partial charge in [0.15, 0.2) is 0 Å². The third-order valence-corrected chi connectivity index (χ3v) is 10.9. The van der Waals surface area contributed by atoms with Crippen LogP contribution in [0, 0.1) is 11.8 Å². The smallest absolute Gasteiger partial charge is 0.317 e. The van der Waals surface area contributed by atoms with Crippen LogP contribution >= 0.6 is 0 Å². The molecule has 2 aliphatic heterocycles. The number of benzene rings is 2. The van der Waals surface area contributed by atoms with E-state index in [9.17, 15) is 19.2 Å². The van der Waals surface area contributed by atoms with Crippen LogP contribution in [0.15, 0.2) is 60.9 Å². The summed E-state index contributed by atoms with van der Waals surface area (Å²) in [5.41, 5.74) is 5.86. The fraction of sp³-hybridized carbons (Fsp3) is 0.476. The fourth-order valence-electron chi connectivity index (χ4n) is 7.53. The predicted octanol–water partition coefficient (Wildman–Crippen LogP) is 6.05. The van der Waals surface area contributed by atoms with Crippen LogP contribution in [0.25, 0.3) is 33.6 Å². The van der Waals surface area contributed by atoms with Crippen molar-refractivity contribution in [1.29, 1.82) is 0 Å². The first-order chi connectivity index (χ1) is 26.7. The predicted molar refractivity (Wildman–Crippen MR) is 216 cm³/mol. The van der Waals surface area contributed by atoms with Gasteiger partial charge in [0, 0.05) is 41.3 Å². The molecule has 4 heterocycles. The van der Waals surface area contributed by atoms with Crippen molar-refractivity contribution >= 4 is 23.9 Å². The molecule has 298 valence electrons. The summed E-state index contributed by atoms with van der Waals surface area (Å²) >= 11 is 0. The Labute approximate surface area is 329 Å². The average Bonchev–Trinajstić information content (AvgIpc) is 4.02. The highest BCUT2D eigenvalue weighted by Crippen LogP contribution is 2.35. The maximum atomic E-state index is 13.7. The Bertz CT molecular complexity index is 1860. The molecule has 14 heteroatoms. The third kappa shape index (κ3) is 8.58. The molecule has 2 saturated heterocycles. The largest absolute Gasteiger partial charge is 0.340 e. The van der Waals surface area contributed by atoms with Gasteiger partial charge in [0.05, 0.1) is 35.9 Å². The molecule has 6 amide bonds. The van der Waals surface area contributed by atoms with Crippen LogP contribution < -0.4 is 10.6 Å². The summed E-state index contributed by atoms with van der Waals surface area (Å²) in [4.78, 5) is 75.1. The first-order valence-corrected chi connectivity index (χ1v) is 19.6. The van der Waals surface area contributed by atoms with Gasteiger partial charge in [0.2, 0.25) is 11.8 Å². The maximum absolute atomic E-state index is 13.7. The second-order valence-electron chi connectivity index (χ2n) is 16.0. The number of nitrogens with zero attached hydrogens (tertiary/aromatic N) is 6. The zero-order chi connectivity index (χ0) is 40.3. The Hall–Kier alpha value is -5.66. The molecule has 2 aliphatic rings. The summed E-state index contributed by atoms with van der Waals surface area (Å²) in [6, 6.07) is 14.4. The number of urea groups is 2. The molecule has 2 aromatic heterocycles. The van der Waals surface area contributed by atoms with Crippen molar-refractivity contribution < 1.29 is 19.2 Å². The number of aromatic nitrogens is 4. The van der Waals surface area contributed by atoms with E-state index in [1.54, 1.807) is 28.2 Å². The fourth-order valence-corrected chi connectivity index (χ4v) is 7.53. The Kier molecular flexibility index (Phi) is 12.2. The van der Waals surface area contributed by atoms with Crippen LogP contribution in [-0.2, 0) is 9.59 Å². The van der Waals surface area contributed by atoms with Crippen LogP contribution in [0.3, 0.4) is 0 Å². The Morgan fingerprint density at radius 3 is 1.27 bits per heavy atom. The van der Waals surface area contributed by atoms with E-state index in [-0.39, 0.29) is 47.8 Å². The van der Waals surface area contributed by atoms with Crippen LogP contribution in [-0.4, -0.2) is 117 Å². The molecule has 0 unspecified atom stereocenters. The van der Waals surface area contributed by atoms with Crippen LogP contribution in [0.4, 0.5) is 9.59 Å². The number of rotatable bonds is 11. The van der Waals surface area contributed by atoms with Gasteiger partial charge in [0.25, 0.3) is 0 Å². The molecule has 0 saturated carbocycles. The van der Waals surface area contributed by atoms with Gasteiger partial charge in [-0.05, 0) is 59.8 Å². The summed E-state index contributed by atoms with van der Waals surface area (Å²) in [7, 11) is 6.66. The van der Waals surface area contributed by atoms with Crippen molar-refractivity contribution in [2.45, 2.75) is 77.5 Å². The van der Waals surface area contributed by atoms with E-state index in [1.807, 2.05) is 49.9 Å². The number of aromatic amines is 2. The minimum atomic E-state index is -0.618. The number of imidazole rings is 2. The van der Waals surface area contributed by atoms with Crippen LogP contribution in [0.1, 0.15) is 77.1 Å². The molecular weight excluding hydrogens is 709 g/mol. The van der Waals surface area contributed by atoms with E-state index in [2.05, 4.69) is 69.1 Å². The number of hydrogen-bond acceptors (Lipinski definition) is 6. The van der Waals surface area contributed by atoms with Gasteiger partial charge in [-0.3, -0.25) is 9.59 Å². The summed E-state index contributed by atoms with van der Waals surface area (Å²) in [6.07, 6.45) is 6.97. The molecule has 4 aromatic rings. The van der Waals surface area contributed by atoms with Crippen molar-refractivity contribution in [3.05, 3.63) is 72.6 Å². The quantitative estimate of drug-likeness (QED) is 0.145. The number of amides is 6. The van der Waals surface area contributed by atoms with Gasteiger partial charge in [-0.15, -0.1) is 0 Å². The highest BCUT2D eigenvalue weighted by Gasteiger charge is 2.39. The van der Waals surface area contributed by atoms with Crippen molar-refractivity contribution in [2.75, 3.05) is 41.3 Å². The molecule has 0 spiro atoms. The van der Waals surface area contributed by atoms with Crippen LogP contribution in [0.5, 0.6) is 0 Å². The first kappa shape index (κ1) is 40.0. The van der Waals surface area contributed by atoms with Crippen LogP contribution in [0.2, 0.25) is 0 Å². The lowest BCUT2D eigenvalue weighted by atomic mass is 10.0. The van der Waals surface area contributed by atoms with Crippen molar-refractivity contribution in [1.82, 2.24) is 50.2 Å². The van der Waals surface area contributed by atoms with E-state index in [1.165, 1.54) is 9.80 Å². The Morgan fingerprint density at radius 1 is 0.607 bits per heavy atom. The molecule has 0 bridgehead atoms. The number of likely N-dealkylation sites (tertiary alicyclic amines) is 2. The Balaban J connectivity index is 1.10.